The Labute approximate surface area is 170 Å². The molecule has 1 saturated heterocycles. The Morgan fingerprint density at radius 2 is 1.76 bits per heavy atom. The highest BCUT2D eigenvalue weighted by molar-refractivity contribution is 7.89. The number of aromatic amines is 1. The minimum Gasteiger partial charge on any atom is -0.246 e. The SMILES string of the molecule is O=c1[nH]nc(CC2CCN(S(=O)(=O)C3CCCCC3)CC2)n1-c1ccccc1F. The summed E-state index contributed by atoms with van der Waals surface area (Å²) in [7, 11) is -3.23. The maximum atomic E-state index is 14.2. The van der Waals surface area contributed by atoms with Crippen LogP contribution in [0.25, 0.3) is 5.69 Å². The maximum Gasteiger partial charge on any atom is 0.348 e. The van der Waals surface area contributed by atoms with Crippen molar-refractivity contribution in [3.8, 4) is 5.69 Å². The molecule has 29 heavy (non-hydrogen) atoms. The van der Waals surface area contributed by atoms with Crippen LogP contribution in [0.3, 0.4) is 0 Å². The van der Waals surface area contributed by atoms with Crippen molar-refractivity contribution in [3.05, 3.63) is 46.4 Å². The van der Waals surface area contributed by atoms with E-state index in [4.69, 9.17) is 0 Å². The highest BCUT2D eigenvalue weighted by Crippen LogP contribution is 2.30. The summed E-state index contributed by atoms with van der Waals surface area (Å²) in [5.41, 5.74) is -0.291. The zero-order chi connectivity index (χ0) is 20.4. The van der Waals surface area contributed by atoms with Gasteiger partial charge in [-0.2, -0.15) is 5.10 Å². The Morgan fingerprint density at radius 1 is 1.07 bits per heavy atom. The van der Waals surface area contributed by atoms with Crippen molar-refractivity contribution in [3.63, 3.8) is 0 Å². The second kappa shape index (κ2) is 8.39. The zero-order valence-corrected chi connectivity index (χ0v) is 17.2. The summed E-state index contributed by atoms with van der Waals surface area (Å²) in [5.74, 6) is 0.202. The molecule has 0 spiro atoms. The van der Waals surface area contributed by atoms with Crippen LogP contribution in [0.1, 0.15) is 50.8 Å². The van der Waals surface area contributed by atoms with Crippen LogP contribution >= 0.6 is 0 Å². The van der Waals surface area contributed by atoms with Gasteiger partial charge in [-0.15, -0.1) is 0 Å². The molecule has 0 bridgehead atoms. The molecule has 1 saturated carbocycles. The van der Waals surface area contributed by atoms with Gasteiger partial charge in [-0.05, 0) is 43.7 Å². The van der Waals surface area contributed by atoms with Gasteiger partial charge in [0, 0.05) is 19.5 Å². The summed E-state index contributed by atoms with van der Waals surface area (Å²) in [5, 5.41) is 6.28. The fraction of sp³-hybridized carbons (Fsp3) is 0.600. The fourth-order valence-corrected chi connectivity index (χ4v) is 6.62. The van der Waals surface area contributed by atoms with Gasteiger partial charge in [-0.25, -0.2) is 31.6 Å². The standard InChI is InChI=1S/C20H27FN4O3S/c21-17-8-4-5-9-18(17)25-19(22-23-20(25)26)14-15-10-12-24(13-11-15)29(27,28)16-6-2-1-3-7-16/h4-5,8-9,15-16H,1-3,6-7,10-14H2,(H,23,26). The fourth-order valence-electron chi connectivity index (χ4n) is 4.55. The molecule has 4 rings (SSSR count). The molecule has 1 aromatic carbocycles. The van der Waals surface area contributed by atoms with Crippen molar-refractivity contribution >= 4 is 10.0 Å². The predicted octanol–water partition coefficient (Wildman–Crippen LogP) is 2.62. The minimum absolute atomic E-state index is 0.179. The van der Waals surface area contributed by atoms with Crippen LogP contribution < -0.4 is 5.69 Å². The second-order valence-electron chi connectivity index (χ2n) is 8.08. The third-order valence-corrected chi connectivity index (χ3v) is 8.61. The van der Waals surface area contributed by atoms with E-state index in [1.807, 2.05) is 0 Å². The Kier molecular flexibility index (Phi) is 5.87. The lowest BCUT2D eigenvalue weighted by atomic mass is 9.94. The molecule has 2 fully saturated rings. The first-order chi connectivity index (χ1) is 14.0. The van der Waals surface area contributed by atoms with E-state index >= 15 is 0 Å². The van der Waals surface area contributed by atoms with E-state index in [9.17, 15) is 17.6 Å². The van der Waals surface area contributed by atoms with Gasteiger partial charge in [-0.3, -0.25) is 0 Å². The first-order valence-corrected chi connectivity index (χ1v) is 11.9. The van der Waals surface area contributed by atoms with E-state index < -0.39 is 21.5 Å². The van der Waals surface area contributed by atoms with Gasteiger partial charge < -0.3 is 0 Å². The second-order valence-corrected chi connectivity index (χ2v) is 10.3. The van der Waals surface area contributed by atoms with E-state index in [-0.39, 0.29) is 16.9 Å². The van der Waals surface area contributed by atoms with Gasteiger partial charge in [0.05, 0.1) is 10.9 Å². The van der Waals surface area contributed by atoms with Crippen molar-refractivity contribution in [1.29, 1.82) is 0 Å². The van der Waals surface area contributed by atoms with E-state index in [1.165, 1.54) is 10.6 Å². The molecular weight excluding hydrogens is 395 g/mol. The molecule has 0 atom stereocenters. The van der Waals surface area contributed by atoms with Gasteiger partial charge in [0.25, 0.3) is 0 Å². The lowest BCUT2D eigenvalue weighted by Gasteiger charge is -2.34. The quantitative estimate of drug-likeness (QED) is 0.802. The molecule has 0 amide bonds. The van der Waals surface area contributed by atoms with E-state index in [0.29, 0.717) is 38.2 Å². The van der Waals surface area contributed by atoms with Crippen LogP contribution in [0, 0.1) is 11.7 Å². The van der Waals surface area contributed by atoms with Crippen LogP contribution in [0.5, 0.6) is 0 Å². The monoisotopic (exact) mass is 422 g/mol. The normalized spacial score (nSPS) is 20.2. The molecule has 1 aromatic heterocycles. The summed E-state index contributed by atoms with van der Waals surface area (Å²) in [6.45, 7) is 0.996. The van der Waals surface area contributed by atoms with Gasteiger partial charge in [-0.1, -0.05) is 31.4 Å². The number of halogens is 1. The maximum absolute atomic E-state index is 14.2. The number of nitrogens with zero attached hydrogens (tertiary/aromatic N) is 3. The van der Waals surface area contributed by atoms with Crippen LogP contribution in [0.4, 0.5) is 4.39 Å². The van der Waals surface area contributed by atoms with Crippen LogP contribution in [0.15, 0.2) is 29.1 Å². The topological polar surface area (TPSA) is 88.1 Å². The molecule has 0 unspecified atom stereocenters. The molecule has 2 aromatic rings. The van der Waals surface area contributed by atoms with Gasteiger partial charge >= 0.3 is 5.69 Å². The average molecular weight is 423 g/mol. The lowest BCUT2D eigenvalue weighted by molar-refractivity contribution is 0.265. The number of sulfonamides is 1. The largest absolute Gasteiger partial charge is 0.348 e. The molecule has 7 nitrogen and oxygen atoms in total. The number of benzene rings is 1. The molecule has 2 aliphatic rings. The number of aromatic nitrogens is 3. The van der Waals surface area contributed by atoms with Crippen LogP contribution in [-0.2, 0) is 16.4 Å². The Morgan fingerprint density at radius 3 is 2.45 bits per heavy atom. The molecule has 158 valence electrons. The summed E-state index contributed by atoms with van der Waals surface area (Å²) < 4.78 is 42.9. The van der Waals surface area contributed by atoms with Crippen LogP contribution in [-0.4, -0.2) is 45.8 Å². The highest BCUT2D eigenvalue weighted by Gasteiger charge is 2.35. The number of nitrogens with one attached hydrogen (secondary N) is 1. The van der Waals surface area contributed by atoms with Gasteiger partial charge in [0.1, 0.15) is 11.6 Å². The smallest absolute Gasteiger partial charge is 0.246 e. The summed E-state index contributed by atoms with van der Waals surface area (Å²) in [4.78, 5) is 12.2. The van der Waals surface area contributed by atoms with Crippen molar-refractivity contribution < 1.29 is 12.8 Å². The molecule has 1 aliphatic carbocycles. The molecule has 1 aliphatic heterocycles. The van der Waals surface area contributed by atoms with Crippen LogP contribution in [0.2, 0.25) is 0 Å². The number of para-hydroxylation sites is 1. The number of H-pyrrole nitrogens is 1. The third-order valence-electron chi connectivity index (χ3n) is 6.21. The number of rotatable bonds is 5. The van der Waals surface area contributed by atoms with E-state index in [1.54, 1.807) is 22.5 Å². The minimum atomic E-state index is -3.23. The lowest BCUT2D eigenvalue weighted by Crippen LogP contribution is -2.44. The van der Waals surface area contributed by atoms with E-state index in [0.717, 1.165) is 32.1 Å². The molecule has 2 heterocycles. The van der Waals surface area contributed by atoms with Crippen molar-refractivity contribution in [1.82, 2.24) is 19.1 Å². The Hall–Kier alpha value is -2.00. The Bertz CT molecular complexity index is 1000. The van der Waals surface area contributed by atoms with E-state index in [2.05, 4.69) is 10.2 Å². The first kappa shape index (κ1) is 20.3. The zero-order valence-electron chi connectivity index (χ0n) is 16.4. The number of hydrogen-bond acceptors (Lipinski definition) is 4. The number of piperidine rings is 1. The van der Waals surface area contributed by atoms with Gasteiger partial charge in [0.2, 0.25) is 10.0 Å². The average Bonchev–Trinajstić information content (AvgIpc) is 3.09. The summed E-state index contributed by atoms with van der Waals surface area (Å²) >= 11 is 0. The molecule has 1 N–H and O–H groups in total. The first-order valence-electron chi connectivity index (χ1n) is 10.4. The van der Waals surface area contributed by atoms with Gasteiger partial charge in [0.15, 0.2) is 0 Å². The number of hydrogen-bond donors (Lipinski definition) is 1. The third kappa shape index (κ3) is 4.16. The summed E-state index contributed by atoms with van der Waals surface area (Å²) in [6.07, 6.45) is 6.58. The predicted molar refractivity (Wildman–Crippen MR) is 108 cm³/mol. The highest BCUT2D eigenvalue weighted by atomic mass is 32.2. The van der Waals surface area contributed by atoms with Crippen molar-refractivity contribution in [2.45, 2.75) is 56.6 Å². The molecule has 0 radical (unpaired) electrons. The summed E-state index contributed by atoms with van der Waals surface area (Å²) in [6, 6.07) is 6.12. The Balaban J connectivity index is 1.43. The molecular formula is C20H27FN4O3S. The van der Waals surface area contributed by atoms with Crippen molar-refractivity contribution in [2.24, 2.45) is 5.92 Å². The van der Waals surface area contributed by atoms with Crippen molar-refractivity contribution in [2.75, 3.05) is 13.1 Å². The molecule has 9 heteroatoms.